The van der Waals surface area contributed by atoms with Crippen LogP contribution < -0.4 is 5.32 Å². The first kappa shape index (κ1) is 16.9. The van der Waals surface area contributed by atoms with Crippen molar-refractivity contribution in [1.29, 1.82) is 0 Å². The lowest BCUT2D eigenvalue weighted by Gasteiger charge is -2.12. The van der Waals surface area contributed by atoms with Gasteiger partial charge in [-0.3, -0.25) is 14.9 Å². The molecular weight excluding hydrogens is 322 g/mol. The summed E-state index contributed by atoms with van der Waals surface area (Å²) in [4.78, 5) is 32.2. The van der Waals surface area contributed by atoms with Crippen LogP contribution >= 0.6 is 0 Å². The predicted octanol–water partition coefficient (Wildman–Crippen LogP) is 1.91. The van der Waals surface area contributed by atoms with E-state index in [1.807, 2.05) is 0 Å². The maximum Gasteiger partial charge on any atom is 0.390 e. The number of nitrogens with one attached hydrogen (secondary N) is 1. The third kappa shape index (κ3) is 3.29. The summed E-state index contributed by atoms with van der Waals surface area (Å²) < 4.78 is 1.18. The minimum Gasteiger partial charge on any atom is -0.506 e. The summed E-state index contributed by atoms with van der Waals surface area (Å²) in [5.74, 6) is -1.45. The fourth-order valence-electron chi connectivity index (χ4n) is 2.04. The van der Waals surface area contributed by atoms with Crippen molar-refractivity contribution in [3.63, 3.8) is 0 Å². The molecule has 24 heavy (non-hydrogen) atoms. The molecule has 1 heterocycles. The zero-order chi connectivity index (χ0) is 18.0. The summed E-state index contributed by atoms with van der Waals surface area (Å²) in [5.41, 5.74) is 0.0751. The molecule has 0 fully saturated rings. The van der Waals surface area contributed by atoms with Gasteiger partial charge in [0.05, 0.1) is 33.5 Å². The molecule has 2 rings (SSSR count). The second-order valence-corrected chi connectivity index (χ2v) is 4.97. The molecule has 11 heteroatoms. The van der Waals surface area contributed by atoms with Gasteiger partial charge in [0.1, 0.15) is 11.8 Å². The van der Waals surface area contributed by atoms with Crippen LogP contribution in [-0.2, 0) is 4.79 Å². The number of phenols is 1. The van der Waals surface area contributed by atoms with E-state index in [2.05, 4.69) is 10.4 Å². The lowest BCUT2D eigenvalue weighted by molar-refractivity contribution is -0.389. The molecule has 1 aromatic carbocycles. The van der Waals surface area contributed by atoms with Crippen LogP contribution in [-0.4, -0.2) is 30.6 Å². The van der Waals surface area contributed by atoms with E-state index < -0.39 is 27.5 Å². The van der Waals surface area contributed by atoms with Crippen molar-refractivity contribution in [2.45, 2.75) is 19.9 Å². The standard InChI is InChI=1S/C13H13N5O6/c1-7-5-12(18(23)24)15-16(7)8(2)13(20)14-10-4-3-9(17(21)22)6-11(10)19/h3-6,8,19H,1-2H3,(H,14,20). The monoisotopic (exact) mass is 335 g/mol. The van der Waals surface area contributed by atoms with Gasteiger partial charge in [-0.05, 0) is 24.8 Å². The fourth-order valence-corrected chi connectivity index (χ4v) is 2.04. The third-order valence-electron chi connectivity index (χ3n) is 3.29. The molecule has 0 aliphatic heterocycles. The number of aryl methyl sites for hydroxylation is 1. The topological polar surface area (TPSA) is 153 Å². The second kappa shape index (κ2) is 6.32. The molecule has 1 atom stereocenters. The lowest BCUT2D eigenvalue weighted by Crippen LogP contribution is -2.25. The molecule has 126 valence electrons. The van der Waals surface area contributed by atoms with Gasteiger partial charge < -0.3 is 20.5 Å². The van der Waals surface area contributed by atoms with Crippen LogP contribution in [0.4, 0.5) is 17.2 Å². The number of aromatic hydroxyl groups is 1. The minimum atomic E-state index is -0.895. The number of aromatic nitrogens is 2. The maximum absolute atomic E-state index is 12.2. The minimum absolute atomic E-state index is 0.0169. The Labute approximate surface area is 134 Å². The van der Waals surface area contributed by atoms with E-state index in [0.29, 0.717) is 5.69 Å². The Bertz CT molecular complexity index is 830. The smallest absolute Gasteiger partial charge is 0.390 e. The molecule has 2 N–H and O–H groups in total. The molecule has 2 aromatic rings. The number of amides is 1. The normalized spacial score (nSPS) is 11.8. The predicted molar refractivity (Wildman–Crippen MR) is 81.7 cm³/mol. The zero-order valence-electron chi connectivity index (χ0n) is 12.7. The first-order valence-corrected chi connectivity index (χ1v) is 6.69. The van der Waals surface area contributed by atoms with Crippen molar-refractivity contribution in [3.05, 3.63) is 50.2 Å². The Balaban J connectivity index is 2.20. The molecule has 1 aromatic heterocycles. The maximum atomic E-state index is 12.2. The SMILES string of the molecule is Cc1cc([N+](=O)[O-])nn1C(C)C(=O)Nc1ccc([N+](=O)[O-])cc1O. The Morgan fingerprint density at radius 2 is 1.96 bits per heavy atom. The highest BCUT2D eigenvalue weighted by Crippen LogP contribution is 2.28. The Hall–Kier alpha value is -3.50. The number of carbonyl (C=O) groups excluding carboxylic acids is 1. The number of hydrogen-bond acceptors (Lipinski definition) is 7. The van der Waals surface area contributed by atoms with Crippen LogP contribution in [0.3, 0.4) is 0 Å². The number of rotatable bonds is 5. The van der Waals surface area contributed by atoms with E-state index in [0.717, 1.165) is 12.1 Å². The second-order valence-electron chi connectivity index (χ2n) is 4.97. The third-order valence-corrected chi connectivity index (χ3v) is 3.29. The van der Waals surface area contributed by atoms with E-state index in [9.17, 15) is 30.1 Å². The molecule has 0 aliphatic carbocycles. The number of carbonyl (C=O) groups is 1. The number of benzene rings is 1. The summed E-state index contributed by atoms with van der Waals surface area (Å²) in [6.45, 7) is 3.04. The van der Waals surface area contributed by atoms with Gasteiger partial charge in [0.25, 0.3) is 11.6 Å². The van der Waals surface area contributed by atoms with E-state index >= 15 is 0 Å². The van der Waals surface area contributed by atoms with E-state index in [1.165, 1.54) is 23.7 Å². The van der Waals surface area contributed by atoms with Gasteiger partial charge in [-0.2, -0.15) is 4.68 Å². The molecular formula is C13H13N5O6. The first-order valence-electron chi connectivity index (χ1n) is 6.69. The number of nitrogens with zero attached hydrogens (tertiary/aromatic N) is 4. The van der Waals surface area contributed by atoms with Crippen molar-refractivity contribution in [2.24, 2.45) is 0 Å². The summed E-state index contributed by atoms with van der Waals surface area (Å²) >= 11 is 0. The van der Waals surface area contributed by atoms with Crippen molar-refractivity contribution in [2.75, 3.05) is 5.32 Å². The van der Waals surface area contributed by atoms with Crippen LogP contribution in [0.5, 0.6) is 5.75 Å². The highest BCUT2D eigenvalue weighted by atomic mass is 16.6. The van der Waals surface area contributed by atoms with Crippen molar-refractivity contribution in [1.82, 2.24) is 9.78 Å². The summed E-state index contributed by atoms with van der Waals surface area (Å²) in [7, 11) is 0. The lowest BCUT2D eigenvalue weighted by atomic mass is 10.2. The van der Waals surface area contributed by atoms with Crippen molar-refractivity contribution < 1.29 is 19.7 Å². The number of hydrogen-bond donors (Lipinski definition) is 2. The van der Waals surface area contributed by atoms with Gasteiger partial charge in [0.15, 0.2) is 0 Å². The van der Waals surface area contributed by atoms with Crippen LogP contribution in [0.1, 0.15) is 18.7 Å². The first-order chi connectivity index (χ1) is 11.2. The average molecular weight is 335 g/mol. The molecule has 1 unspecified atom stereocenters. The summed E-state index contributed by atoms with van der Waals surface area (Å²) in [6.07, 6.45) is 0. The number of anilines is 1. The fraction of sp³-hybridized carbons (Fsp3) is 0.231. The van der Waals surface area contributed by atoms with Crippen molar-refractivity contribution >= 4 is 23.1 Å². The molecule has 0 bridgehead atoms. The summed E-state index contributed by atoms with van der Waals surface area (Å²) in [6, 6.07) is 3.56. The van der Waals surface area contributed by atoms with Gasteiger partial charge in [0, 0.05) is 6.07 Å². The van der Waals surface area contributed by atoms with E-state index in [1.54, 1.807) is 6.92 Å². The largest absolute Gasteiger partial charge is 0.506 e. The number of phenolic OH excluding ortho intramolecular Hbond substituents is 1. The average Bonchev–Trinajstić information content (AvgIpc) is 2.90. The number of non-ortho nitro benzene ring substituents is 1. The molecule has 0 spiro atoms. The van der Waals surface area contributed by atoms with E-state index in [-0.39, 0.29) is 17.2 Å². The quantitative estimate of drug-likeness (QED) is 0.480. The Morgan fingerprint density at radius 1 is 1.29 bits per heavy atom. The molecule has 0 radical (unpaired) electrons. The van der Waals surface area contributed by atoms with Gasteiger partial charge in [-0.1, -0.05) is 0 Å². The molecule has 11 nitrogen and oxygen atoms in total. The molecule has 0 saturated carbocycles. The zero-order valence-corrected chi connectivity index (χ0v) is 12.7. The number of nitro benzene ring substituents is 1. The van der Waals surface area contributed by atoms with Crippen molar-refractivity contribution in [3.8, 4) is 5.75 Å². The van der Waals surface area contributed by atoms with Gasteiger partial charge in [-0.15, -0.1) is 0 Å². The Morgan fingerprint density at radius 3 is 2.46 bits per heavy atom. The van der Waals surface area contributed by atoms with Crippen LogP contribution in [0, 0.1) is 27.2 Å². The van der Waals surface area contributed by atoms with Crippen LogP contribution in [0.2, 0.25) is 0 Å². The highest BCUT2D eigenvalue weighted by molar-refractivity contribution is 5.94. The van der Waals surface area contributed by atoms with Gasteiger partial charge >= 0.3 is 5.82 Å². The highest BCUT2D eigenvalue weighted by Gasteiger charge is 2.25. The summed E-state index contributed by atoms with van der Waals surface area (Å²) in [5, 5.41) is 37.2. The van der Waals surface area contributed by atoms with Crippen LogP contribution in [0.25, 0.3) is 0 Å². The number of nitro groups is 2. The van der Waals surface area contributed by atoms with Gasteiger partial charge in [-0.25, -0.2) is 0 Å². The molecule has 1 amide bonds. The van der Waals surface area contributed by atoms with Crippen LogP contribution in [0.15, 0.2) is 24.3 Å². The molecule has 0 aliphatic rings. The molecule has 0 saturated heterocycles. The van der Waals surface area contributed by atoms with Gasteiger partial charge in [0.2, 0.25) is 0 Å². The van der Waals surface area contributed by atoms with E-state index in [4.69, 9.17) is 0 Å². The Kier molecular flexibility index (Phi) is 4.44.